The van der Waals surface area contributed by atoms with E-state index >= 15 is 0 Å². The third kappa shape index (κ3) is 0.917. The number of nitrogens with zero attached hydrogens (tertiary/aromatic N) is 1. The van der Waals surface area contributed by atoms with E-state index in [-0.39, 0.29) is 11.3 Å². The fraction of sp³-hybridized carbons (Fsp3) is 0.111. The number of aromatic nitrogens is 1. The standard InChI is InChI=1S/C9H7NO3/c1-4(9(12)13)7-5-2-3-6(11)8(7)10-5/h2-3,11H,1H3,(H,12,13)/b7-4-. The molecule has 2 aromatic heterocycles. The molecule has 0 fully saturated rings. The zero-order valence-corrected chi connectivity index (χ0v) is 6.90. The van der Waals surface area contributed by atoms with Crippen molar-refractivity contribution in [1.82, 2.24) is 4.98 Å². The summed E-state index contributed by atoms with van der Waals surface area (Å²) in [4.78, 5) is 14.6. The average molecular weight is 177 g/mol. The van der Waals surface area contributed by atoms with Crippen LogP contribution in [0.15, 0.2) is 12.1 Å². The molecule has 3 rings (SSSR count). The molecule has 0 amide bonds. The lowest BCUT2D eigenvalue weighted by molar-refractivity contribution is -0.130. The van der Waals surface area contributed by atoms with Crippen LogP contribution in [0.3, 0.4) is 0 Å². The van der Waals surface area contributed by atoms with Crippen LogP contribution in [0, 0.1) is 0 Å². The highest BCUT2D eigenvalue weighted by atomic mass is 16.4. The van der Waals surface area contributed by atoms with Gasteiger partial charge < -0.3 is 10.2 Å². The van der Waals surface area contributed by atoms with Gasteiger partial charge >= 0.3 is 5.97 Å². The van der Waals surface area contributed by atoms with Crippen LogP contribution in [0.1, 0.15) is 6.92 Å². The molecule has 0 aliphatic heterocycles. The van der Waals surface area contributed by atoms with Gasteiger partial charge in [0.2, 0.25) is 0 Å². The van der Waals surface area contributed by atoms with Gasteiger partial charge in [0.1, 0.15) is 11.3 Å². The lowest BCUT2D eigenvalue weighted by Gasteiger charge is -2.07. The molecule has 3 aromatic rings. The number of hydrogen-bond donors (Lipinski definition) is 2. The predicted octanol–water partition coefficient (Wildman–Crippen LogP) is 0.352. The third-order valence-corrected chi connectivity index (χ3v) is 2.06. The monoisotopic (exact) mass is 177 g/mol. The first-order valence-electron chi connectivity index (χ1n) is 3.76. The Kier molecular flexibility index (Phi) is 1.39. The van der Waals surface area contributed by atoms with E-state index in [1.54, 1.807) is 6.07 Å². The Morgan fingerprint density at radius 1 is 1.46 bits per heavy atom. The SMILES string of the molecule is C/C(C(=O)O)=c1\c2ccc(O)c1n2. The summed E-state index contributed by atoms with van der Waals surface area (Å²) in [7, 11) is 0. The Hall–Kier alpha value is -1.84. The number of phenols is 1. The number of phenolic OH excluding ortho intramolecular Hbond substituents is 1. The maximum Gasteiger partial charge on any atom is 0.332 e. The molecule has 0 aliphatic rings. The van der Waals surface area contributed by atoms with Crippen molar-refractivity contribution in [2.45, 2.75) is 6.92 Å². The van der Waals surface area contributed by atoms with Crippen LogP contribution >= 0.6 is 0 Å². The Morgan fingerprint density at radius 3 is 2.62 bits per heavy atom. The molecule has 2 bridgehead atoms. The second-order valence-electron chi connectivity index (χ2n) is 2.87. The van der Waals surface area contributed by atoms with Gasteiger partial charge in [-0.3, -0.25) is 0 Å². The minimum absolute atomic E-state index is 0.0330. The smallest absolute Gasteiger partial charge is 0.332 e. The van der Waals surface area contributed by atoms with Gasteiger partial charge in [0.05, 0.1) is 5.52 Å². The summed E-state index contributed by atoms with van der Waals surface area (Å²) in [6.07, 6.45) is 0. The van der Waals surface area contributed by atoms with E-state index in [1.807, 2.05) is 0 Å². The van der Waals surface area contributed by atoms with Crippen LogP contribution in [0.2, 0.25) is 0 Å². The second-order valence-corrected chi connectivity index (χ2v) is 2.87. The van der Waals surface area contributed by atoms with E-state index in [0.29, 0.717) is 16.3 Å². The quantitative estimate of drug-likeness (QED) is 0.659. The first kappa shape index (κ1) is 7.79. The molecular weight excluding hydrogens is 170 g/mol. The Balaban J connectivity index is 2.84. The number of pyridine rings is 1. The van der Waals surface area contributed by atoms with E-state index in [9.17, 15) is 9.90 Å². The van der Waals surface area contributed by atoms with Crippen LogP contribution in [-0.4, -0.2) is 21.2 Å². The molecule has 0 saturated carbocycles. The van der Waals surface area contributed by atoms with Crippen LogP contribution in [-0.2, 0) is 4.79 Å². The zero-order chi connectivity index (χ0) is 9.59. The van der Waals surface area contributed by atoms with Crippen LogP contribution in [0.5, 0.6) is 5.75 Å². The number of carboxylic acid groups (broad SMARTS) is 1. The molecule has 4 nitrogen and oxygen atoms in total. The molecule has 13 heavy (non-hydrogen) atoms. The van der Waals surface area contributed by atoms with Gasteiger partial charge in [0.15, 0.2) is 0 Å². The summed E-state index contributed by atoms with van der Waals surface area (Å²) < 4.78 is 0. The van der Waals surface area contributed by atoms with Crippen molar-refractivity contribution in [3.05, 3.63) is 17.4 Å². The lowest BCUT2D eigenvalue weighted by atomic mass is 10.1. The molecule has 0 radical (unpaired) electrons. The van der Waals surface area contributed by atoms with E-state index in [2.05, 4.69) is 4.98 Å². The van der Waals surface area contributed by atoms with E-state index in [4.69, 9.17) is 5.11 Å². The molecule has 0 aliphatic carbocycles. The number of benzene rings is 1. The van der Waals surface area contributed by atoms with E-state index in [1.165, 1.54) is 13.0 Å². The molecule has 0 spiro atoms. The van der Waals surface area contributed by atoms with Gasteiger partial charge in [-0.15, -0.1) is 0 Å². The molecule has 0 atom stereocenters. The van der Waals surface area contributed by atoms with Crippen molar-refractivity contribution >= 4 is 22.6 Å². The van der Waals surface area contributed by atoms with Gasteiger partial charge in [0.25, 0.3) is 0 Å². The normalized spacial score (nSPS) is 13.6. The Morgan fingerprint density at radius 2 is 2.15 bits per heavy atom. The average Bonchev–Trinajstić information content (AvgIpc) is 2.03. The molecule has 66 valence electrons. The molecular formula is C9H7NO3. The summed E-state index contributed by atoms with van der Waals surface area (Å²) in [5, 5.41) is 18.5. The van der Waals surface area contributed by atoms with Crippen molar-refractivity contribution in [1.29, 1.82) is 0 Å². The largest absolute Gasteiger partial charge is 0.506 e. The van der Waals surface area contributed by atoms with E-state index < -0.39 is 5.97 Å². The Labute approximate surface area is 73.5 Å². The number of rotatable bonds is 1. The fourth-order valence-electron chi connectivity index (χ4n) is 1.32. The third-order valence-electron chi connectivity index (χ3n) is 2.06. The highest BCUT2D eigenvalue weighted by molar-refractivity contribution is 6.10. The van der Waals surface area contributed by atoms with Gasteiger partial charge in [0, 0.05) is 10.8 Å². The highest BCUT2D eigenvalue weighted by Gasteiger charge is 2.14. The van der Waals surface area contributed by atoms with Crippen LogP contribution in [0.25, 0.3) is 16.6 Å². The summed E-state index contributed by atoms with van der Waals surface area (Å²) in [5.74, 6) is -0.950. The number of carbonyl (C=O) groups is 1. The predicted molar refractivity (Wildman–Crippen MR) is 46.5 cm³/mol. The topological polar surface area (TPSA) is 70.4 Å². The summed E-state index contributed by atoms with van der Waals surface area (Å²) in [6, 6.07) is 3.11. The minimum atomic E-state index is -0.983. The van der Waals surface area contributed by atoms with Gasteiger partial charge in [-0.2, -0.15) is 0 Å². The van der Waals surface area contributed by atoms with Crippen LogP contribution in [0.4, 0.5) is 0 Å². The number of carboxylic acids is 1. The first-order chi connectivity index (χ1) is 6.11. The molecule has 4 heteroatoms. The number of fused-ring (bicyclic) bond motifs is 2. The number of hydrogen-bond acceptors (Lipinski definition) is 3. The maximum atomic E-state index is 10.6. The fourth-order valence-corrected chi connectivity index (χ4v) is 1.32. The lowest BCUT2D eigenvalue weighted by Crippen LogP contribution is -2.20. The maximum absolute atomic E-state index is 10.6. The highest BCUT2D eigenvalue weighted by Crippen LogP contribution is 2.18. The molecule has 2 N–H and O–H groups in total. The van der Waals surface area contributed by atoms with Crippen molar-refractivity contribution in [2.24, 2.45) is 0 Å². The minimum Gasteiger partial charge on any atom is -0.506 e. The summed E-state index contributed by atoms with van der Waals surface area (Å²) in [6.45, 7) is 1.50. The molecule has 1 aromatic carbocycles. The molecule has 0 saturated heterocycles. The summed E-state index contributed by atoms with van der Waals surface area (Å²) >= 11 is 0. The van der Waals surface area contributed by atoms with Crippen molar-refractivity contribution in [3.63, 3.8) is 0 Å². The van der Waals surface area contributed by atoms with Crippen molar-refractivity contribution in [2.75, 3.05) is 0 Å². The Bertz CT molecular complexity index is 512. The summed E-state index contributed by atoms with van der Waals surface area (Å²) in [5.41, 5.74) is 1.24. The number of aromatic hydroxyl groups is 1. The number of aliphatic carboxylic acids is 1. The molecule has 2 heterocycles. The van der Waals surface area contributed by atoms with Crippen LogP contribution < -0.4 is 5.22 Å². The second kappa shape index (κ2) is 2.32. The first-order valence-corrected chi connectivity index (χ1v) is 3.76. The van der Waals surface area contributed by atoms with Gasteiger partial charge in [-0.1, -0.05) is 0 Å². The van der Waals surface area contributed by atoms with Gasteiger partial charge in [-0.25, -0.2) is 9.78 Å². The van der Waals surface area contributed by atoms with Gasteiger partial charge in [-0.05, 0) is 19.1 Å². The van der Waals surface area contributed by atoms with E-state index in [0.717, 1.165) is 0 Å². The molecule has 0 unspecified atom stereocenters. The zero-order valence-electron chi connectivity index (χ0n) is 6.90. The van der Waals surface area contributed by atoms with Crippen molar-refractivity contribution < 1.29 is 15.0 Å². The van der Waals surface area contributed by atoms with Crippen molar-refractivity contribution in [3.8, 4) is 5.75 Å².